The van der Waals surface area contributed by atoms with Crippen LogP contribution in [0.1, 0.15) is 15.9 Å². The van der Waals surface area contributed by atoms with Gasteiger partial charge in [0.25, 0.3) is 0 Å². The van der Waals surface area contributed by atoms with Gasteiger partial charge in [0.2, 0.25) is 0 Å². The van der Waals surface area contributed by atoms with E-state index in [9.17, 15) is 4.79 Å². The molecule has 26 heavy (non-hydrogen) atoms. The fourth-order valence-corrected chi connectivity index (χ4v) is 3.62. The second kappa shape index (κ2) is 6.93. The van der Waals surface area contributed by atoms with Gasteiger partial charge in [0, 0.05) is 11.8 Å². The topological polar surface area (TPSA) is 78.1 Å². The van der Waals surface area contributed by atoms with Crippen LogP contribution in [0.3, 0.4) is 0 Å². The molecule has 2 aromatic heterocycles. The number of nitrogen functional groups attached to an aromatic ring is 1. The number of para-hydroxylation sites is 1. The summed E-state index contributed by atoms with van der Waals surface area (Å²) in [5.74, 6) is 1.85. The number of nitrogens with zero attached hydrogens (tertiary/aromatic N) is 2. The molecule has 0 amide bonds. The lowest BCUT2D eigenvalue weighted by Crippen LogP contribution is -2.04. The molecule has 2 heterocycles. The highest BCUT2D eigenvalue weighted by Crippen LogP contribution is 2.29. The maximum atomic E-state index is 12.7. The Kier molecular flexibility index (Phi) is 4.33. The first-order chi connectivity index (χ1) is 12.7. The van der Waals surface area contributed by atoms with Crippen LogP contribution in [0, 0.1) is 0 Å². The Morgan fingerprint density at radius 2 is 1.85 bits per heavy atom. The predicted molar refractivity (Wildman–Crippen MR) is 103 cm³/mol. The van der Waals surface area contributed by atoms with Crippen LogP contribution in [-0.2, 0) is 6.42 Å². The van der Waals surface area contributed by atoms with Crippen LogP contribution in [0.15, 0.2) is 66.3 Å². The Morgan fingerprint density at radius 1 is 1.04 bits per heavy atom. The van der Waals surface area contributed by atoms with E-state index in [1.54, 1.807) is 5.38 Å². The van der Waals surface area contributed by atoms with E-state index in [0.29, 0.717) is 22.6 Å². The Bertz CT molecular complexity index is 1080. The molecule has 4 rings (SSSR count). The number of nitrogens with two attached hydrogens (primary N) is 1. The number of fused-ring (bicyclic) bond motifs is 1. The molecule has 0 saturated carbocycles. The van der Waals surface area contributed by atoms with E-state index < -0.39 is 0 Å². The summed E-state index contributed by atoms with van der Waals surface area (Å²) < 4.78 is 6.58. The maximum absolute atomic E-state index is 12.7. The van der Waals surface area contributed by atoms with Crippen molar-refractivity contribution in [2.24, 2.45) is 0 Å². The minimum atomic E-state index is -0.00814. The van der Waals surface area contributed by atoms with Gasteiger partial charge in [-0.1, -0.05) is 30.3 Å². The van der Waals surface area contributed by atoms with Crippen LogP contribution in [0.25, 0.3) is 10.2 Å². The van der Waals surface area contributed by atoms with Gasteiger partial charge in [0.1, 0.15) is 23.6 Å². The molecule has 0 radical (unpaired) electrons. The van der Waals surface area contributed by atoms with Crippen molar-refractivity contribution >= 4 is 33.2 Å². The van der Waals surface area contributed by atoms with E-state index in [1.165, 1.54) is 17.7 Å². The Hall–Kier alpha value is -3.25. The van der Waals surface area contributed by atoms with Crippen LogP contribution in [0.4, 0.5) is 5.82 Å². The van der Waals surface area contributed by atoms with Gasteiger partial charge in [-0.3, -0.25) is 4.79 Å². The van der Waals surface area contributed by atoms with Crippen LogP contribution in [0.2, 0.25) is 0 Å². The zero-order valence-electron chi connectivity index (χ0n) is 13.8. The summed E-state index contributed by atoms with van der Waals surface area (Å²) in [6.45, 7) is 0. The fraction of sp³-hybridized carbons (Fsp3) is 0.0500. The number of thiophene rings is 1. The van der Waals surface area contributed by atoms with Crippen LogP contribution in [-0.4, -0.2) is 15.8 Å². The second-order valence-corrected chi connectivity index (χ2v) is 6.63. The highest BCUT2D eigenvalue weighted by molar-refractivity contribution is 7.18. The predicted octanol–water partition coefficient (Wildman–Crippen LogP) is 4.49. The monoisotopic (exact) mass is 361 g/mol. The number of benzene rings is 2. The fourth-order valence-electron chi connectivity index (χ4n) is 2.69. The first-order valence-electron chi connectivity index (χ1n) is 8.03. The van der Waals surface area contributed by atoms with Crippen molar-refractivity contribution in [2.75, 3.05) is 5.73 Å². The maximum Gasteiger partial charge on any atom is 0.170 e. The first kappa shape index (κ1) is 16.2. The van der Waals surface area contributed by atoms with Crippen LogP contribution < -0.4 is 10.5 Å². The number of aromatic nitrogens is 2. The minimum Gasteiger partial charge on any atom is -0.457 e. The van der Waals surface area contributed by atoms with Crippen LogP contribution >= 0.6 is 11.3 Å². The average Bonchev–Trinajstić information content (AvgIpc) is 3.08. The number of hydrogen-bond acceptors (Lipinski definition) is 6. The number of carbonyl (C=O) groups is 1. The minimum absolute atomic E-state index is 0.00814. The average molecular weight is 361 g/mol. The third-order valence-corrected chi connectivity index (χ3v) is 4.92. The molecule has 4 aromatic rings. The molecule has 0 aliphatic heterocycles. The van der Waals surface area contributed by atoms with Crippen molar-refractivity contribution in [3.8, 4) is 11.5 Å². The number of ether oxygens (including phenoxy) is 1. The van der Waals surface area contributed by atoms with Crippen molar-refractivity contribution in [2.45, 2.75) is 6.42 Å². The highest BCUT2D eigenvalue weighted by atomic mass is 32.1. The van der Waals surface area contributed by atoms with Gasteiger partial charge in [0.05, 0.1) is 15.8 Å². The molecule has 2 aromatic carbocycles. The molecular weight excluding hydrogens is 346 g/mol. The first-order valence-corrected chi connectivity index (χ1v) is 8.91. The summed E-state index contributed by atoms with van der Waals surface area (Å²) in [4.78, 5) is 20.9. The summed E-state index contributed by atoms with van der Waals surface area (Å²) in [6, 6.07) is 17.1. The third-order valence-electron chi connectivity index (χ3n) is 3.92. The number of anilines is 1. The van der Waals surface area contributed by atoms with E-state index in [1.807, 2.05) is 54.6 Å². The Balaban J connectivity index is 1.56. The van der Waals surface area contributed by atoms with E-state index in [0.717, 1.165) is 16.0 Å². The summed E-state index contributed by atoms with van der Waals surface area (Å²) in [5.41, 5.74) is 7.92. The van der Waals surface area contributed by atoms with E-state index in [2.05, 4.69) is 9.97 Å². The molecule has 2 N–H and O–H groups in total. The van der Waals surface area contributed by atoms with Gasteiger partial charge in [-0.2, -0.15) is 0 Å². The lowest BCUT2D eigenvalue weighted by molar-refractivity contribution is 0.0995. The zero-order valence-corrected chi connectivity index (χ0v) is 14.6. The standard InChI is InChI=1S/C20H15N3O2S/c21-20-19-18(22-12-23-20)16(11-26-19)17(24)10-13-5-4-8-15(9-13)25-14-6-2-1-3-7-14/h1-9,11-12H,10H2,(H2,21,22,23). The highest BCUT2D eigenvalue weighted by Gasteiger charge is 2.16. The van der Waals surface area contributed by atoms with E-state index >= 15 is 0 Å². The summed E-state index contributed by atoms with van der Waals surface area (Å²) in [5, 5.41) is 1.79. The molecule has 0 aliphatic rings. The molecule has 0 bridgehead atoms. The molecule has 0 unspecified atom stereocenters. The number of Topliss-reactive ketones (excluding diaryl/α,β-unsaturated/α-hetero) is 1. The summed E-state index contributed by atoms with van der Waals surface area (Å²) >= 11 is 1.39. The summed E-state index contributed by atoms with van der Waals surface area (Å²) in [7, 11) is 0. The molecule has 0 fully saturated rings. The molecule has 5 nitrogen and oxygen atoms in total. The Labute approximate surface area is 154 Å². The van der Waals surface area contributed by atoms with E-state index in [-0.39, 0.29) is 12.2 Å². The molecule has 128 valence electrons. The summed E-state index contributed by atoms with van der Waals surface area (Å²) in [6.07, 6.45) is 1.65. The van der Waals surface area contributed by atoms with Crippen molar-refractivity contribution in [1.29, 1.82) is 0 Å². The van der Waals surface area contributed by atoms with Gasteiger partial charge in [-0.25, -0.2) is 9.97 Å². The third kappa shape index (κ3) is 3.27. The van der Waals surface area contributed by atoms with Gasteiger partial charge in [-0.15, -0.1) is 11.3 Å². The van der Waals surface area contributed by atoms with Crippen molar-refractivity contribution in [3.63, 3.8) is 0 Å². The van der Waals surface area contributed by atoms with Gasteiger partial charge >= 0.3 is 0 Å². The molecule has 0 spiro atoms. The van der Waals surface area contributed by atoms with Crippen molar-refractivity contribution in [1.82, 2.24) is 9.97 Å². The lowest BCUT2D eigenvalue weighted by Gasteiger charge is -2.07. The molecule has 0 saturated heterocycles. The van der Waals surface area contributed by atoms with Crippen LogP contribution in [0.5, 0.6) is 11.5 Å². The number of carbonyl (C=O) groups excluding carboxylic acids is 1. The van der Waals surface area contributed by atoms with Crippen molar-refractivity contribution < 1.29 is 9.53 Å². The normalized spacial score (nSPS) is 10.8. The zero-order chi connectivity index (χ0) is 17.9. The smallest absolute Gasteiger partial charge is 0.170 e. The van der Waals surface area contributed by atoms with Gasteiger partial charge < -0.3 is 10.5 Å². The SMILES string of the molecule is Nc1ncnc2c(C(=O)Cc3cccc(Oc4ccccc4)c3)csc12. The number of hydrogen-bond donors (Lipinski definition) is 1. The largest absolute Gasteiger partial charge is 0.457 e. The molecule has 6 heteroatoms. The quantitative estimate of drug-likeness (QED) is 0.530. The second-order valence-electron chi connectivity index (χ2n) is 5.75. The number of ketones is 1. The van der Waals surface area contributed by atoms with E-state index in [4.69, 9.17) is 10.5 Å². The lowest BCUT2D eigenvalue weighted by atomic mass is 10.0. The van der Waals surface area contributed by atoms with Crippen molar-refractivity contribution in [3.05, 3.63) is 77.4 Å². The van der Waals surface area contributed by atoms with Gasteiger partial charge in [0.15, 0.2) is 5.78 Å². The molecule has 0 aliphatic carbocycles. The molecular formula is C20H15N3O2S. The van der Waals surface area contributed by atoms with Gasteiger partial charge in [-0.05, 0) is 29.8 Å². The Morgan fingerprint density at radius 3 is 2.69 bits per heavy atom. The number of rotatable bonds is 5. The molecule has 0 atom stereocenters.